The summed E-state index contributed by atoms with van der Waals surface area (Å²) in [5.41, 5.74) is 0.586. The van der Waals surface area contributed by atoms with Gasteiger partial charge in [0.05, 0.1) is 12.2 Å². The predicted octanol–water partition coefficient (Wildman–Crippen LogP) is 8.62. The van der Waals surface area contributed by atoms with Crippen LogP contribution in [-0.2, 0) is 9.53 Å². The Kier molecular flexibility index (Phi) is 16.8. The molecule has 0 unspecified atom stereocenters. The second-order valence-corrected chi connectivity index (χ2v) is 8.10. The van der Waals surface area contributed by atoms with Crippen LogP contribution in [0.3, 0.4) is 0 Å². The average molecular weight is 439 g/mol. The highest BCUT2D eigenvalue weighted by atomic mass is 32.1. The van der Waals surface area contributed by atoms with Gasteiger partial charge < -0.3 is 4.74 Å². The highest BCUT2D eigenvalue weighted by molar-refractivity contribution is 7.11. The lowest BCUT2D eigenvalue weighted by Gasteiger charge is -2.03. The summed E-state index contributed by atoms with van der Waals surface area (Å²) in [6, 6.07) is 3.86. The zero-order chi connectivity index (χ0) is 22.4. The Balaban J connectivity index is 2.26. The van der Waals surface area contributed by atoms with Crippen molar-refractivity contribution in [3.63, 3.8) is 0 Å². The van der Waals surface area contributed by atoms with Crippen molar-refractivity contribution >= 4 is 22.9 Å². The van der Waals surface area contributed by atoms with Crippen molar-refractivity contribution in [1.82, 2.24) is 0 Å². The number of unbranched alkanes of at least 4 members (excludes halogenated alkanes) is 7. The van der Waals surface area contributed by atoms with E-state index in [1.54, 1.807) is 6.08 Å². The van der Waals surface area contributed by atoms with Crippen LogP contribution in [0.2, 0.25) is 0 Å². The Hall–Kier alpha value is -2.39. The van der Waals surface area contributed by atoms with E-state index in [4.69, 9.17) is 4.74 Å². The first-order chi connectivity index (χ1) is 15.3. The van der Waals surface area contributed by atoms with Crippen LogP contribution in [0.4, 0.5) is 0 Å². The van der Waals surface area contributed by atoms with Crippen molar-refractivity contribution in [2.24, 2.45) is 0 Å². The van der Waals surface area contributed by atoms with E-state index in [0.29, 0.717) is 12.2 Å². The molecule has 1 aromatic rings. The van der Waals surface area contributed by atoms with E-state index >= 15 is 0 Å². The molecule has 1 heterocycles. The Morgan fingerprint density at radius 1 is 0.839 bits per heavy atom. The number of hydrogen-bond donors (Lipinski definition) is 0. The third-order valence-corrected chi connectivity index (χ3v) is 5.45. The van der Waals surface area contributed by atoms with Gasteiger partial charge in [-0.05, 0) is 37.3 Å². The van der Waals surface area contributed by atoms with Crippen molar-refractivity contribution in [2.45, 2.75) is 65.2 Å². The van der Waals surface area contributed by atoms with Crippen molar-refractivity contribution < 1.29 is 9.53 Å². The number of esters is 1. The van der Waals surface area contributed by atoms with E-state index in [-0.39, 0.29) is 5.97 Å². The SMILES string of the molecule is CCCCCCCCCC=CC=CC=CC=CC=CC=C(C(=O)OCC)c1cccs1. The number of ether oxygens (including phenoxy) is 1. The topological polar surface area (TPSA) is 26.3 Å². The Labute approximate surface area is 193 Å². The van der Waals surface area contributed by atoms with Gasteiger partial charge in [0.1, 0.15) is 0 Å². The molecule has 0 N–H and O–H groups in total. The molecule has 0 amide bonds. The molecule has 31 heavy (non-hydrogen) atoms. The summed E-state index contributed by atoms with van der Waals surface area (Å²) in [6.45, 7) is 4.45. The number of carbonyl (C=O) groups excluding carboxylic acids is 1. The van der Waals surface area contributed by atoms with Crippen LogP contribution in [0.1, 0.15) is 70.1 Å². The van der Waals surface area contributed by atoms with Crippen molar-refractivity contribution in [3.05, 3.63) is 89.2 Å². The van der Waals surface area contributed by atoms with Crippen molar-refractivity contribution in [2.75, 3.05) is 6.61 Å². The molecule has 1 rings (SSSR count). The molecule has 0 aliphatic heterocycles. The van der Waals surface area contributed by atoms with Gasteiger partial charge in [0, 0.05) is 4.88 Å². The standard InChI is InChI=1S/C28H38O2S/c1-3-5-6-7-8-9-10-11-12-13-14-15-16-17-18-19-20-21-23-26(28(29)30-4-2)27-24-22-25-31-27/h12-25H,3-11H2,1-2H3. The molecule has 0 saturated heterocycles. The molecular weight excluding hydrogens is 400 g/mol. The van der Waals surface area contributed by atoms with Crippen LogP contribution in [-0.4, -0.2) is 12.6 Å². The lowest BCUT2D eigenvalue weighted by Crippen LogP contribution is -2.05. The van der Waals surface area contributed by atoms with Gasteiger partial charge in [0.2, 0.25) is 0 Å². The Bertz CT molecular complexity index is 746. The summed E-state index contributed by atoms with van der Waals surface area (Å²) in [7, 11) is 0. The summed E-state index contributed by atoms with van der Waals surface area (Å²) in [5.74, 6) is -0.288. The van der Waals surface area contributed by atoms with Crippen molar-refractivity contribution in [3.8, 4) is 0 Å². The normalized spacial score (nSPS) is 13.0. The van der Waals surface area contributed by atoms with Crippen molar-refractivity contribution in [1.29, 1.82) is 0 Å². The van der Waals surface area contributed by atoms with Gasteiger partial charge in [-0.15, -0.1) is 11.3 Å². The van der Waals surface area contributed by atoms with Gasteiger partial charge in [-0.1, -0.05) is 112 Å². The molecule has 0 fully saturated rings. The van der Waals surface area contributed by atoms with E-state index in [0.717, 1.165) is 4.88 Å². The van der Waals surface area contributed by atoms with Gasteiger partial charge >= 0.3 is 5.97 Å². The summed E-state index contributed by atoms with van der Waals surface area (Å²) in [6.07, 6.45) is 32.6. The van der Waals surface area contributed by atoms with Crippen LogP contribution in [0.5, 0.6) is 0 Å². The second-order valence-electron chi connectivity index (χ2n) is 7.16. The maximum Gasteiger partial charge on any atom is 0.339 e. The number of allylic oxidation sites excluding steroid dienone is 11. The summed E-state index contributed by atoms with van der Waals surface area (Å²) in [4.78, 5) is 13.0. The van der Waals surface area contributed by atoms with Gasteiger partial charge in [-0.2, -0.15) is 0 Å². The third-order valence-electron chi connectivity index (χ3n) is 4.54. The number of carbonyl (C=O) groups is 1. The molecule has 3 heteroatoms. The lowest BCUT2D eigenvalue weighted by molar-refractivity contribution is -0.136. The summed E-state index contributed by atoms with van der Waals surface area (Å²) < 4.78 is 5.14. The molecule has 0 aromatic carbocycles. The smallest absolute Gasteiger partial charge is 0.339 e. The maximum absolute atomic E-state index is 12.1. The fourth-order valence-electron chi connectivity index (χ4n) is 2.89. The molecule has 0 aliphatic rings. The minimum Gasteiger partial charge on any atom is -0.462 e. The van der Waals surface area contributed by atoms with E-state index in [2.05, 4.69) is 25.2 Å². The molecule has 0 bridgehead atoms. The summed E-state index contributed by atoms with van der Waals surface area (Å²) >= 11 is 1.53. The molecule has 0 radical (unpaired) electrons. The monoisotopic (exact) mass is 438 g/mol. The first-order valence-corrected chi connectivity index (χ1v) is 12.4. The quantitative estimate of drug-likeness (QED) is 0.112. The Morgan fingerprint density at radius 3 is 2.06 bits per heavy atom. The van der Waals surface area contributed by atoms with Gasteiger partial charge in [-0.3, -0.25) is 0 Å². The van der Waals surface area contributed by atoms with Crippen LogP contribution in [0, 0.1) is 0 Å². The molecule has 0 spiro atoms. The molecule has 0 saturated carbocycles. The fourth-order valence-corrected chi connectivity index (χ4v) is 3.63. The second kappa shape index (κ2) is 19.6. The molecule has 168 valence electrons. The molecule has 0 aliphatic carbocycles. The van der Waals surface area contributed by atoms with Crippen LogP contribution >= 0.6 is 11.3 Å². The van der Waals surface area contributed by atoms with Crippen LogP contribution in [0.15, 0.2) is 84.3 Å². The first-order valence-electron chi connectivity index (χ1n) is 11.5. The number of rotatable bonds is 16. The highest BCUT2D eigenvalue weighted by Gasteiger charge is 2.12. The van der Waals surface area contributed by atoms with Gasteiger partial charge in [0.15, 0.2) is 0 Å². The van der Waals surface area contributed by atoms with E-state index in [9.17, 15) is 4.79 Å². The first kappa shape index (κ1) is 26.6. The highest BCUT2D eigenvalue weighted by Crippen LogP contribution is 2.21. The Morgan fingerprint density at radius 2 is 1.45 bits per heavy atom. The fraction of sp³-hybridized carbons (Fsp3) is 0.393. The van der Waals surface area contributed by atoms with E-state index in [1.165, 1.54) is 62.7 Å². The summed E-state index contributed by atoms with van der Waals surface area (Å²) in [5, 5.41) is 1.95. The molecule has 1 aromatic heterocycles. The minimum atomic E-state index is -0.288. The van der Waals surface area contributed by atoms with E-state index in [1.807, 2.05) is 67.0 Å². The molecule has 0 atom stereocenters. The average Bonchev–Trinajstić information content (AvgIpc) is 3.30. The maximum atomic E-state index is 12.1. The molecular formula is C28H38O2S. The lowest BCUT2D eigenvalue weighted by atomic mass is 10.1. The van der Waals surface area contributed by atoms with Gasteiger partial charge in [0.25, 0.3) is 0 Å². The minimum absolute atomic E-state index is 0.288. The molecule has 2 nitrogen and oxygen atoms in total. The number of hydrogen-bond acceptors (Lipinski definition) is 3. The van der Waals surface area contributed by atoms with Crippen LogP contribution in [0.25, 0.3) is 5.57 Å². The zero-order valence-corrected chi connectivity index (χ0v) is 20.0. The van der Waals surface area contributed by atoms with Gasteiger partial charge in [-0.25, -0.2) is 4.79 Å². The number of thiophene rings is 1. The zero-order valence-electron chi connectivity index (χ0n) is 19.2. The largest absolute Gasteiger partial charge is 0.462 e. The predicted molar refractivity (Wildman–Crippen MR) is 137 cm³/mol. The third kappa shape index (κ3) is 14.3. The van der Waals surface area contributed by atoms with Crippen LogP contribution < -0.4 is 0 Å². The van der Waals surface area contributed by atoms with E-state index < -0.39 is 0 Å².